The predicted octanol–water partition coefficient (Wildman–Crippen LogP) is 4.99. The maximum absolute atomic E-state index is 13.5. The van der Waals surface area contributed by atoms with Crippen LogP contribution in [0.2, 0.25) is 0 Å². The van der Waals surface area contributed by atoms with Crippen molar-refractivity contribution >= 4 is 17.7 Å². The normalized spacial score (nSPS) is 11.4. The lowest BCUT2D eigenvalue weighted by atomic mass is 10.1. The fourth-order valence-electron chi connectivity index (χ4n) is 2.16. The summed E-state index contributed by atoms with van der Waals surface area (Å²) >= 11 is 1.26. The topological polar surface area (TPSA) is 20.3 Å². The number of carbonyl (C=O) groups excluding carboxylic acids is 1. The smallest absolute Gasteiger partial charge is 0.341 e. The van der Waals surface area contributed by atoms with E-state index < -0.39 is 11.7 Å². The number of rotatable bonds is 6. The minimum Gasteiger partial charge on any atom is -0.341 e. The predicted molar refractivity (Wildman–Crippen MR) is 89.7 cm³/mol. The molecule has 25 heavy (non-hydrogen) atoms. The summed E-state index contributed by atoms with van der Waals surface area (Å²) in [5.41, 5.74) is -0.0999. The molecule has 0 fully saturated rings. The van der Waals surface area contributed by atoms with Gasteiger partial charge in [0.2, 0.25) is 5.91 Å². The Morgan fingerprint density at radius 1 is 1.08 bits per heavy atom. The third-order valence-corrected chi connectivity index (χ3v) is 4.59. The quantitative estimate of drug-likeness (QED) is 0.527. The van der Waals surface area contributed by atoms with Gasteiger partial charge < -0.3 is 4.90 Å². The van der Waals surface area contributed by atoms with E-state index >= 15 is 0 Å². The minimum atomic E-state index is -4.37. The summed E-state index contributed by atoms with van der Waals surface area (Å²) in [7, 11) is 1.59. The Morgan fingerprint density at radius 2 is 1.72 bits per heavy atom. The van der Waals surface area contributed by atoms with Crippen molar-refractivity contribution in [3.05, 3.63) is 65.5 Å². The van der Waals surface area contributed by atoms with Crippen LogP contribution in [0.15, 0.2) is 53.4 Å². The first-order valence-corrected chi connectivity index (χ1v) is 8.53. The first kappa shape index (κ1) is 19.3. The van der Waals surface area contributed by atoms with Crippen LogP contribution in [-0.4, -0.2) is 23.6 Å². The Labute approximate surface area is 147 Å². The van der Waals surface area contributed by atoms with Gasteiger partial charge in [0.25, 0.3) is 0 Å². The molecule has 0 aromatic heterocycles. The summed E-state index contributed by atoms with van der Waals surface area (Å²) in [6.07, 6.45) is -4.15. The number of alkyl halides is 3. The lowest BCUT2D eigenvalue weighted by Crippen LogP contribution is -2.26. The van der Waals surface area contributed by atoms with Crippen molar-refractivity contribution in [3.63, 3.8) is 0 Å². The molecule has 134 valence electrons. The molecule has 7 heteroatoms. The van der Waals surface area contributed by atoms with E-state index in [4.69, 9.17) is 0 Å². The number of hydrogen-bond acceptors (Lipinski definition) is 2. The molecule has 0 bridgehead atoms. The van der Waals surface area contributed by atoms with Crippen LogP contribution in [0.5, 0.6) is 0 Å². The number of benzene rings is 2. The number of carbonyl (C=O) groups is 1. The van der Waals surface area contributed by atoms with E-state index in [0.717, 1.165) is 12.1 Å². The van der Waals surface area contributed by atoms with Crippen LogP contribution in [-0.2, 0) is 17.5 Å². The molecule has 2 rings (SSSR count). The molecule has 0 N–H and O–H groups in total. The van der Waals surface area contributed by atoms with Gasteiger partial charge in [-0.3, -0.25) is 4.79 Å². The number of amides is 1. The summed E-state index contributed by atoms with van der Waals surface area (Å²) in [5, 5.41) is 0. The Kier molecular flexibility index (Phi) is 6.47. The number of hydrogen-bond donors (Lipinski definition) is 0. The SMILES string of the molecule is CN(Cc1ccc(C(F)(F)F)cc1)C(=O)CCSc1ccccc1F. The van der Waals surface area contributed by atoms with Crippen molar-refractivity contribution < 1.29 is 22.4 Å². The van der Waals surface area contributed by atoms with Crippen LogP contribution in [0.4, 0.5) is 17.6 Å². The van der Waals surface area contributed by atoms with Crippen LogP contribution in [0.25, 0.3) is 0 Å². The summed E-state index contributed by atoms with van der Waals surface area (Å²) in [6, 6.07) is 11.1. The molecule has 2 aromatic carbocycles. The van der Waals surface area contributed by atoms with E-state index in [1.54, 1.807) is 25.2 Å². The van der Waals surface area contributed by atoms with Crippen molar-refractivity contribution in [1.82, 2.24) is 4.90 Å². The zero-order valence-electron chi connectivity index (χ0n) is 13.5. The Hall–Kier alpha value is -2.02. The Balaban J connectivity index is 1.83. The molecule has 0 atom stereocenters. The molecular weight excluding hydrogens is 354 g/mol. The molecule has 2 aromatic rings. The zero-order valence-corrected chi connectivity index (χ0v) is 14.3. The second kappa shape index (κ2) is 8.38. The van der Waals surface area contributed by atoms with Gasteiger partial charge in [-0.05, 0) is 29.8 Å². The molecule has 0 saturated carbocycles. The molecule has 0 aliphatic heterocycles. The molecule has 0 heterocycles. The lowest BCUT2D eigenvalue weighted by Gasteiger charge is -2.17. The molecule has 0 unspecified atom stereocenters. The van der Waals surface area contributed by atoms with E-state index in [2.05, 4.69) is 0 Å². The fraction of sp³-hybridized carbons (Fsp3) is 0.278. The molecule has 0 aliphatic rings. The van der Waals surface area contributed by atoms with Crippen molar-refractivity contribution in [3.8, 4) is 0 Å². The maximum Gasteiger partial charge on any atom is 0.416 e. The van der Waals surface area contributed by atoms with Crippen molar-refractivity contribution in [2.45, 2.75) is 24.0 Å². The van der Waals surface area contributed by atoms with Crippen molar-refractivity contribution in [1.29, 1.82) is 0 Å². The molecule has 0 saturated heterocycles. The summed E-state index contributed by atoms with van der Waals surface area (Å²) in [5.74, 6) is -0.0429. The van der Waals surface area contributed by atoms with Crippen LogP contribution >= 0.6 is 11.8 Å². The van der Waals surface area contributed by atoms with E-state index in [1.807, 2.05) is 0 Å². The molecule has 0 radical (unpaired) electrons. The highest BCUT2D eigenvalue weighted by Crippen LogP contribution is 2.29. The third kappa shape index (κ3) is 5.77. The van der Waals surface area contributed by atoms with Gasteiger partial charge in [-0.15, -0.1) is 11.8 Å². The summed E-state index contributed by atoms with van der Waals surface area (Å²) < 4.78 is 51.1. The average Bonchev–Trinajstić information content (AvgIpc) is 2.56. The van der Waals surface area contributed by atoms with E-state index in [0.29, 0.717) is 16.2 Å². The van der Waals surface area contributed by atoms with E-state index in [-0.39, 0.29) is 24.7 Å². The van der Waals surface area contributed by atoms with Gasteiger partial charge in [0.05, 0.1) is 5.56 Å². The summed E-state index contributed by atoms with van der Waals surface area (Å²) in [6.45, 7) is 0.224. The Morgan fingerprint density at radius 3 is 2.32 bits per heavy atom. The van der Waals surface area contributed by atoms with Gasteiger partial charge in [-0.25, -0.2) is 4.39 Å². The van der Waals surface area contributed by atoms with Crippen molar-refractivity contribution in [2.24, 2.45) is 0 Å². The number of nitrogens with zero attached hydrogens (tertiary/aromatic N) is 1. The third-order valence-electron chi connectivity index (χ3n) is 3.54. The van der Waals surface area contributed by atoms with E-state index in [1.165, 1.54) is 34.9 Å². The number of thioether (sulfide) groups is 1. The van der Waals surface area contributed by atoms with Gasteiger partial charge in [-0.1, -0.05) is 24.3 Å². The molecule has 2 nitrogen and oxygen atoms in total. The zero-order chi connectivity index (χ0) is 18.4. The molecule has 1 amide bonds. The monoisotopic (exact) mass is 371 g/mol. The van der Waals surface area contributed by atoms with Crippen LogP contribution < -0.4 is 0 Å². The summed E-state index contributed by atoms with van der Waals surface area (Å²) in [4.78, 5) is 14.0. The highest BCUT2D eigenvalue weighted by molar-refractivity contribution is 7.99. The van der Waals surface area contributed by atoms with Crippen LogP contribution in [0, 0.1) is 5.82 Å². The van der Waals surface area contributed by atoms with Gasteiger partial charge in [0, 0.05) is 30.7 Å². The largest absolute Gasteiger partial charge is 0.416 e. The minimum absolute atomic E-state index is 0.149. The van der Waals surface area contributed by atoms with Gasteiger partial charge in [0.15, 0.2) is 0 Å². The van der Waals surface area contributed by atoms with Gasteiger partial charge in [-0.2, -0.15) is 13.2 Å². The van der Waals surface area contributed by atoms with Crippen LogP contribution in [0.1, 0.15) is 17.5 Å². The van der Waals surface area contributed by atoms with E-state index in [9.17, 15) is 22.4 Å². The van der Waals surface area contributed by atoms with Gasteiger partial charge in [0.1, 0.15) is 5.82 Å². The second-order valence-corrected chi connectivity index (χ2v) is 6.61. The standard InChI is InChI=1S/C18H17F4NOS/c1-23(12-13-6-8-14(9-7-13)18(20,21)22)17(24)10-11-25-16-5-3-2-4-15(16)19/h2-9H,10-12H2,1H3. The lowest BCUT2D eigenvalue weighted by molar-refractivity contribution is -0.137. The van der Waals surface area contributed by atoms with Gasteiger partial charge >= 0.3 is 6.18 Å². The molecule has 0 spiro atoms. The number of halogens is 4. The highest BCUT2D eigenvalue weighted by Gasteiger charge is 2.29. The molecule has 0 aliphatic carbocycles. The molecular formula is C18H17F4NOS. The van der Waals surface area contributed by atoms with Crippen LogP contribution in [0.3, 0.4) is 0 Å². The fourth-order valence-corrected chi connectivity index (χ4v) is 3.04. The average molecular weight is 371 g/mol. The first-order chi connectivity index (χ1) is 11.8. The first-order valence-electron chi connectivity index (χ1n) is 7.55. The Bertz CT molecular complexity index is 716. The second-order valence-electron chi connectivity index (χ2n) is 5.47. The maximum atomic E-state index is 13.5. The van der Waals surface area contributed by atoms with Crippen molar-refractivity contribution in [2.75, 3.05) is 12.8 Å². The highest BCUT2D eigenvalue weighted by atomic mass is 32.2.